The van der Waals surface area contributed by atoms with E-state index in [-0.39, 0.29) is 5.97 Å². The number of esters is 1. The Bertz CT molecular complexity index is 342. The first-order valence-electron chi connectivity index (χ1n) is 8.78. The van der Waals surface area contributed by atoms with Crippen LogP contribution in [0.2, 0.25) is 0 Å². The summed E-state index contributed by atoms with van der Waals surface area (Å²) in [5, 5.41) is 3.30. The zero-order chi connectivity index (χ0) is 15.3. The molecule has 0 aromatic carbocycles. The Labute approximate surface area is 129 Å². The van der Waals surface area contributed by atoms with Gasteiger partial charge in [-0.1, -0.05) is 19.8 Å². The van der Waals surface area contributed by atoms with E-state index in [2.05, 4.69) is 17.1 Å². The molecule has 0 aliphatic heterocycles. The Balaban J connectivity index is 2.08. The third-order valence-corrected chi connectivity index (χ3v) is 5.50. The zero-order valence-corrected chi connectivity index (χ0v) is 14.0. The molecule has 0 aromatic heterocycles. The lowest BCUT2D eigenvalue weighted by molar-refractivity contribution is -0.153. The minimum atomic E-state index is -0.467. The van der Waals surface area contributed by atoms with Crippen molar-refractivity contribution in [3.8, 4) is 0 Å². The van der Waals surface area contributed by atoms with Gasteiger partial charge >= 0.3 is 5.97 Å². The van der Waals surface area contributed by atoms with E-state index >= 15 is 0 Å². The molecular weight excluding hydrogens is 264 g/mol. The maximum absolute atomic E-state index is 12.4. The fraction of sp³-hybridized carbons (Fsp3) is 0.941. The van der Waals surface area contributed by atoms with Crippen molar-refractivity contribution in [2.45, 2.75) is 82.8 Å². The number of likely N-dealkylation sites (N-methyl/N-ethyl adjacent to an activating group) is 1. The molecule has 2 rings (SSSR count). The van der Waals surface area contributed by atoms with Crippen molar-refractivity contribution < 1.29 is 9.53 Å². The second kappa shape index (κ2) is 7.59. The lowest BCUT2D eigenvalue weighted by Gasteiger charge is -2.44. The van der Waals surface area contributed by atoms with Gasteiger partial charge in [-0.25, -0.2) is 0 Å². The molecule has 0 spiro atoms. The van der Waals surface area contributed by atoms with Crippen LogP contribution in [0.1, 0.15) is 65.2 Å². The summed E-state index contributed by atoms with van der Waals surface area (Å²) >= 11 is 0. The molecule has 2 saturated carbocycles. The summed E-state index contributed by atoms with van der Waals surface area (Å²) in [4.78, 5) is 15.1. The van der Waals surface area contributed by atoms with Crippen molar-refractivity contribution >= 4 is 5.97 Å². The first-order chi connectivity index (χ1) is 10.2. The minimum absolute atomic E-state index is 0.0559. The summed E-state index contributed by atoms with van der Waals surface area (Å²) in [5.74, 6) is -0.0559. The highest BCUT2D eigenvalue weighted by Crippen LogP contribution is 2.35. The van der Waals surface area contributed by atoms with Crippen LogP contribution >= 0.6 is 0 Å². The summed E-state index contributed by atoms with van der Waals surface area (Å²) in [6, 6.07) is 1.25. The van der Waals surface area contributed by atoms with Crippen LogP contribution in [-0.2, 0) is 9.53 Å². The van der Waals surface area contributed by atoms with Crippen LogP contribution in [0, 0.1) is 0 Å². The number of hydrogen-bond acceptors (Lipinski definition) is 4. The maximum atomic E-state index is 12.4. The van der Waals surface area contributed by atoms with Gasteiger partial charge in [0.25, 0.3) is 0 Å². The van der Waals surface area contributed by atoms with Crippen LogP contribution < -0.4 is 5.32 Å². The van der Waals surface area contributed by atoms with E-state index < -0.39 is 5.54 Å². The van der Waals surface area contributed by atoms with E-state index in [0.29, 0.717) is 12.6 Å². The summed E-state index contributed by atoms with van der Waals surface area (Å²) < 4.78 is 5.34. The van der Waals surface area contributed by atoms with Gasteiger partial charge in [0.05, 0.1) is 6.61 Å². The number of nitrogens with one attached hydrogen (secondary N) is 1. The molecule has 2 aliphatic rings. The Hall–Kier alpha value is -0.610. The average Bonchev–Trinajstić information content (AvgIpc) is 3.02. The monoisotopic (exact) mass is 296 g/mol. The zero-order valence-electron chi connectivity index (χ0n) is 14.0. The smallest absolute Gasteiger partial charge is 0.326 e. The van der Waals surface area contributed by atoms with Gasteiger partial charge in [0.2, 0.25) is 0 Å². The minimum Gasteiger partial charge on any atom is -0.465 e. The Morgan fingerprint density at radius 2 is 1.86 bits per heavy atom. The topological polar surface area (TPSA) is 41.6 Å². The second-order valence-corrected chi connectivity index (χ2v) is 6.57. The lowest BCUT2D eigenvalue weighted by Crippen LogP contribution is -2.58. The van der Waals surface area contributed by atoms with Crippen molar-refractivity contribution in [2.24, 2.45) is 0 Å². The SMILES string of the molecule is CCOC(=O)C1(NC)CCCC(N(CC)C2CCCC2)C1. The first kappa shape index (κ1) is 16.8. The van der Waals surface area contributed by atoms with E-state index in [1.807, 2.05) is 14.0 Å². The summed E-state index contributed by atoms with van der Waals surface area (Å²) in [6.07, 6.45) is 9.51. The molecule has 2 atom stereocenters. The van der Waals surface area contributed by atoms with Gasteiger partial charge in [-0.15, -0.1) is 0 Å². The Kier molecular flexibility index (Phi) is 6.06. The molecule has 0 saturated heterocycles. The number of carbonyl (C=O) groups excluding carboxylic acids is 1. The standard InChI is InChI=1S/C17H32N2O2/c1-4-19(14-9-6-7-10-14)15-11-8-12-17(13-15,18-3)16(20)21-5-2/h14-15,18H,4-13H2,1-3H3. The molecule has 1 N–H and O–H groups in total. The van der Waals surface area contributed by atoms with Crippen LogP contribution in [0.4, 0.5) is 0 Å². The number of carbonyl (C=O) groups is 1. The third kappa shape index (κ3) is 3.59. The highest BCUT2D eigenvalue weighted by molar-refractivity contribution is 5.81. The van der Waals surface area contributed by atoms with Crippen molar-refractivity contribution in [1.29, 1.82) is 0 Å². The fourth-order valence-electron chi connectivity index (χ4n) is 4.36. The van der Waals surface area contributed by atoms with Gasteiger partial charge in [-0.3, -0.25) is 9.69 Å². The van der Waals surface area contributed by atoms with Crippen LogP contribution in [0.15, 0.2) is 0 Å². The van der Waals surface area contributed by atoms with Crippen molar-refractivity contribution in [2.75, 3.05) is 20.2 Å². The molecule has 2 unspecified atom stereocenters. The molecule has 4 heteroatoms. The maximum Gasteiger partial charge on any atom is 0.326 e. The fourth-order valence-corrected chi connectivity index (χ4v) is 4.36. The van der Waals surface area contributed by atoms with Gasteiger partial charge in [-0.05, 0) is 59.0 Å². The predicted molar refractivity (Wildman–Crippen MR) is 85.3 cm³/mol. The predicted octanol–water partition coefficient (Wildman–Crippen LogP) is 2.71. The van der Waals surface area contributed by atoms with E-state index in [4.69, 9.17) is 4.74 Å². The van der Waals surface area contributed by atoms with Gasteiger partial charge in [0, 0.05) is 12.1 Å². The highest BCUT2D eigenvalue weighted by atomic mass is 16.5. The summed E-state index contributed by atoms with van der Waals surface area (Å²) in [5.41, 5.74) is -0.467. The van der Waals surface area contributed by atoms with Crippen LogP contribution in [0.5, 0.6) is 0 Å². The van der Waals surface area contributed by atoms with Crippen LogP contribution in [0.3, 0.4) is 0 Å². The molecule has 0 bridgehead atoms. The lowest BCUT2D eigenvalue weighted by atomic mass is 9.78. The molecular formula is C17H32N2O2. The van der Waals surface area contributed by atoms with Gasteiger partial charge in [0.15, 0.2) is 0 Å². The van der Waals surface area contributed by atoms with Crippen LogP contribution in [-0.4, -0.2) is 48.7 Å². The Morgan fingerprint density at radius 3 is 2.43 bits per heavy atom. The number of hydrogen-bond donors (Lipinski definition) is 1. The van der Waals surface area contributed by atoms with Crippen molar-refractivity contribution in [1.82, 2.24) is 10.2 Å². The third-order valence-electron chi connectivity index (χ3n) is 5.50. The molecule has 122 valence electrons. The molecule has 4 nitrogen and oxygen atoms in total. The van der Waals surface area contributed by atoms with E-state index in [1.165, 1.54) is 32.1 Å². The Morgan fingerprint density at radius 1 is 1.19 bits per heavy atom. The number of ether oxygens (including phenoxy) is 1. The number of nitrogens with zero attached hydrogens (tertiary/aromatic N) is 1. The van der Waals surface area contributed by atoms with E-state index in [1.54, 1.807) is 0 Å². The molecule has 0 aromatic rings. The van der Waals surface area contributed by atoms with Gasteiger partial charge in [0.1, 0.15) is 5.54 Å². The average molecular weight is 296 g/mol. The summed E-state index contributed by atoms with van der Waals surface area (Å²) in [7, 11) is 1.91. The molecule has 2 fully saturated rings. The molecule has 0 amide bonds. The van der Waals surface area contributed by atoms with Crippen molar-refractivity contribution in [3.63, 3.8) is 0 Å². The van der Waals surface area contributed by atoms with Gasteiger partial charge in [-0.2, -0.15) is 0 Å². The molecule has 0 radical (unpaired) electrons. The largest absolute Gasteiger partial charge is 0.465 e. The van der Waals surface area contributed by atoms with E-state index in [9.17, 15) is 4.79 Å². The molecule has 21 heavy (non-hydrogen) atoms. The normalized spacial score (nSPS) is 30.8. The second-order valence-electron chi connectivity index (χ2n) is 6.57. The highest BCUT2D eigenvalue weighted by Gasteiger charge is 2.45. The van der Waals surface area contributed by atoms with Gasteiger partial charge < -0.3 is 10.1 Å². The van der Waals surface area contributed by atoms with Crippen LogP contribution in [0.25, 0.3) is 0 Å². The molecule has 0 heterocycles. The quantitative estimate of drug-likeness (QED) is 0.765. The van der Waals surface area contributed by atoms with Crippen molar-refractivity contribution in [3.05, 3.63) is 0 Å². The number of rotatable bonds is 6. The van der Waals surface area contributed by atoms with E-state index in [0.717, 1.165) is 31.8 Å². The first-order valence-corrected chi connectivity index (χ1v) is 8.78. The molecule has 2 aliphatic carbocycles. The summed E-state index contributed by atoms with van der Waals surface area (Å²) in [6.45, 7) is 5.71.